The molecule has 116 valence electrons. The summed E-state index contributed by atoms with van der Waals surface area (Å²) in [5, 5.41) is 8.63. The number of nitrogens with zero attached hydrogens (tertiary/aromatic N) is 2. The van der Waals surface area contributed by atoms with Crippen LogP contribution in [0, 0.1) is 6.92 Å². The average Bonchev–Trinajstić information content (AvgIpc) is 2.77. The summed E-state index contributed by atoms with van der Waals surface area (Å²) in [5.41, 5.74) is -0.226. The number of nitrogens with one attached hydrogen (secondary N) is 4. The van der Waals surface area contributed by atoms with Crippen LogP contribution in [0.25, 0.3) is 0 Å². The van der Waals surface area contributed by atoms with Crippen molar-refractivity contribution in [3.63, 3.8) is 0 Å². The van der Waals surface area contributed by atoms with Crippen molar-refractivity contribution < 1.29 is 9.59 Å². The van der Waals surface area contributed by atoms with Gasteiger partial charge in [-0.3, -0.25) is 24.0 Å². The Labute approximate surface area is 123 Å². The third kappa shape index (κ3) is 3.48. The van der Waals surface area contributed by atoms with Crippen molar-refractivity contribution in [3.05, 3.63) is 44.5 Å². The number of aromatic amines is 2. The number of amides is 2. The highest BCUT2D eigenvalue weighted by Gasteiger charge is 2.16. The maximum atomic E-state index is 11.7. The van der Waals surface area contributed by atoms with Crippen molar-refractivity contribution in [2.45, 2.75) is 13.5 Å². The summed E-state index contributed by atoms with van der Waals surface area (Å²) < 4.78 is 1.59. The molecular formula is C12H14N6O4. The van der Waals surface area contributed by atoms with Crippen molar-refractivity contribution in [2.75, 3.05) is 5.32 Å². The minimum absolute atomic E-state index is 0.133. The fraction of sp³-hybridized carbons (Fsp3) is 0.250. The van der Waals surface area contributed by atoms with Crippen LogP contribution in [0.1, 0.15) is 11.3 Å². The third-order valence-corrected chi connectivity index (χ3v) is 2.83. The lowest BCUT2D eigenvalue weighted by Gasteiger charge is -2.05. The van der Waals surface area contributed by atoms with Crippen molar-refractivity contribution >= 4 is 17.5 Å². The summed E-state index contributed by atoms with van der Waals surface area (Å²) in [7, 11) is 1.74. The maximum Gasteiger partial charge on any atom is 0.325 e. The molecule has 0 atom stereocenters. The first-order valence-corrected chi connectivity index (χ1v) is 6.27. The number of hydrogen-bond acceptors (Lipinski definition) is 5. The minimum atomic E-state index is -1.01. The van der Waals surface area contributed by atoms with E-state index in [2.05, 4.69) is 20.7 Å². The molecule has 0 aliphatic carbocycles. The monoisotopic (exact) mass is 306 g/mol. The Morgan fingerprint density at radius 2 is 2.05 bits per heavy atom. The highest BCUT2D eigenvalue weighted by atomic mass is 16.2. The van der Waals surface area contributed by atoms with Crippen LogP contribution in [0.5, 0.6) is 0 Å². The quantitative estimate of drug-likeness (QED) is 0.503. The largest absolute Gasteiger partial charge is 0.344 e. The number of aryl methyl sites for hydroxylation is 2. The van der Waals surface area contributed by atoms with Gasteiger partial charge in [0.1, 0.15) is 5.69 Å². The summed E-state index contributed by atoms with van der Waals surface area (Å²) in [6, 6.07) is 0. The molecule has 0 unspecified atom stereocenters. The number of anilines is 1. The molecule has 10 nitrogen and oxygen atoms in total. The predicted molar refractivity (Wildman–Crippen MR) is 76.1 cm³/mol. The molecule has 0 aliphatic heterocycles. The van der Waals surface area contributed by atoms with E-state index in [1.165, 1.54) is 0 Å². The van der Waals surface area contributed by atoms with Crippen LogP contribution in [-0.4, -0.2) is 31.6 Å². The molecule has 22 heavy (non-hydrogen) atoms. The van der Waals surface area contributed by atoms with Gasteiger partial charge >= 0.3 is 17.5 Å². The van der Waals surface area contributed by atoms with Crippen molar-refractivity contribution in [3.8, 4) is 0 Å². The van der Waals surface area contributed by atoms with E-state index in [1.807, 2.05) is 4.98 Å². The molecule has 2 amide bonds. The van der Waals surface area contributed by atoms with Crippen LogP contribution in [0.15, 0.2) is 22.0 Å². The van der Waals surface area contributed by atoms with Crippen molar-refractivity contribution in [1.82, 2.24) is 25.1 Å². The molecule has 2 aromatic heterocycles. The second-order valence-corrected chi connectivity index (χ2v) is 4.54. The predicted octanol–water partition coefficient (Wildman–Crippen LogP) is -1.64. The van der Waals surface area contributed by atoms with Gasteiger partial charge < -0.3 is 15.6 Å². The molecule has 0 saturated heterocycles. The lowest BCUT2D eigenvalue weighted by atomic mass is 10.2. The lowest BCUT2D eigenvalue weighted by molar-refractivity contribution is -0.136. The van der Waals surface area contributed by atoms with Crippen molar-refractivity contribution in [2.24, 2.45) is 7.05 Å². The third-order valence-electron chi connectivity index (χ3n) is 2.83. The highest BCUT2D eigenvalue weighted by Crippen LogP contribution is 2.03. The molecule has 10 heteroatoms. The number of H-pyrrole nitrogens is 2. The summed E-state index contributed by atoms with van der Waals surface area (Å²) in [5.74, 6) is -1.92. The molecule has 2 aromatic rings. The molecule has 0 aliphatic rings. The summed E-state index contributed by atoms with van der Waals surface area (Å²) in [6.45, 7) is 1.91. The van der Waals surface area contributed by atoms with Crippen LogP contribution in [0.2, 0.25) is 0 Å². The van der Waals surface area contributed by atoms with Gasteiger partial charge in [0.15, 0.2) is 0 Å². The Hall–Kier alpha value is -3.17. The standard InChI is InChI=1S/C12H14N6O4/c1-6-7(5-18(2)17-6)3-13-10(20)11(21)15-8-4-14-12(22)16-9(8)19/h4-5H,3H2,1-2H3,(H,13,20)(H,15,21)(H2,14,16,19,22). The molecule has 0 radical (unpaired) electrons. The molecule has 0 fully saturated rings. The van der Waals surface area contributed by atoms with Gasteiger partial charge in [-0.05, 0) is 6.92 Å². The minimum Gasteiger partial charge on any atom is -0.344 e. The van der Waals surface area contributed by atoms with Gasteiger partial charge in [-0.25, -0.2) is 4.79 Å². The molecule has 0 spiro atoms. The topological polar surface area (TPSA) is 142 Å². The number of carbonyl (C=O) groups excluding carboxylic acids is 2. The number of rotatable bonds is 3. The van der Waals surface area contributed by atoms with Gasteiger partial charge in [-0.2, -0.15) is 5.10 Å². The molecule has 2 heterocycles. The maximum absolute atomic E-state index is 11.7. The molecule has 0 bridgehead atoms. The van der Waals surface area contributed by atoms with Gasteiger partial charge in [0, 0.05) is 31.5 Å². The lowest BCUT2D eigenvalue weighted by Crippen LogP contribution is -2.37. The zero-order valence-electron chi connectivity index (χ0n) is 11.9. The normalized spacial score (nSPS) is 10.3. The van der Waals surface area contributed by atoms with Crippen LogP contribution < -0.4 is 21.9 Å². The summed E-state index contributed by atoms with van der Waals surface area (Å²) >= 11 is 0. The van der Waals surface area contributed by atoms with Gasteiger partial charge in [0.25, 0.3) is 5.56 Å². The number of hydrogen-bond donors (Lipinski definition) is 4. The van der Waals surface area contributed by atoms with Crippen LogP contribution >= 0.6 is 0 Å². The van der Waals surface area contributed by atoms with Gasteiger partial charge in [-0.1, -0.05) is 0 Å². The van der Waals surface area contributed by atoms with E-state index in [1.54, 1.807) is 24.9 Å². The van der Waals surface area contributed by atoms with E-state index in [0.29, 0.717) is 0 Å². The average molecular weight is 306 g/mol. The van der Waals surface area contributed by atoms with Gasteiger partial charge in [-0.15, -0.1) is 0 Å². The van der Waals surface area contributed by atoms with E-state index >= 15 is 0 Å². The van der Waals surface area contributed by atoms with E-state index < -0.39 is 23.1 Å². The Morgan fingerprint density at radius 1 is 1.32 bits per heavy atom. The first-order valence-electron chi connectivity index (χ1n) is 6.27. The fourth-order valence-corrected chi connectivity index (χ4v) is 1.76. The van der Waals surface area contributed by atoms with E-state index in [-0.39, 0.29) is 12.2 Å². The van der Waals surface area contributed by atoms with E-state index in [9.17, 15) is 19.2 Å². The van der Waals surface area contributed by atoms with Crippen LogP contribution in [0.3, 0.4) is 0 Å². The number of carbonyl (C=O) groups is 2. The Bertz CT molecular complexity index is 831. The van der Waals surface area contributed by atoms with Gasteiger partial charge in [0.05, 0.1) is 5.69 Å². The molecule has 0 aromatic carbocycles. The smallest absolute Gasteiger partial charge is 0.325 e. The molecule has 4 N–H and O–H groups in total. The molecular weight excluding hydrogens is 292 g/mol. The fourth-order valence-electron chi connectivity index (χ4n) is 1.76. The van der Waals surface area contributed by atoms with E-state index in [0.717, 1.165) is 17.5 Å². The Morgan fingerprint density at radius 3 is 2.64 bits per heavy atom. The SMILES string of the molecule is Cc1nn(C)cc1CNC(=O)C(=O)Nc1c[nH]c(=O)[nH]c1=O. The summed E-state index contributed by atoms with van der Waals surface area (Å²) in [6.07, 6.45) is 2.73. The second kappa shape index (κ2) is 6.08. The Balaban J connectivity index is 1.97. The zero-order chi connectivity index (χ0) is 16.3. The summed E-state index contributed by atoms with van der Waals surface area (Å²) in [4.78, 5) is 49.7. The van der Waals surface area contributed by atoms with Crippen LogP contribution in [-0.2, 0) is 23.2 Å². The first-order chi connectivity index (χ1) is 10.4. The van der Waals surface area contributed by atoms with E-state index in [4.69, 9.17) is 0 Å². The van der Waals surface area contributed by atoms with Crippen LogP contribution in [0.4, 0.5) is 5.69 Å². The van der Waals surface area contributed by atoms with Crippen molar-refractivity contribution in [1.29, 1.82) is 0 Å². The molecule has 0 saturated carbocycles. The highest BCUT2D eigenvalue weighted by molar-refractivity contribution is 6.39. The first kappa shape index (κ1) is 15.2. The molecule has 2 rings (SSSR count). The van der Waals surface area contributed by atoms with Gasteiger partial charge in [0.2, 0.25) is 0 Å². The number of aromatic nitrogens is 4. The Kier molecular flexibility index (Phi) is 4.20. The second-order valence-electron chi connectivity index (χ2n) is 4.54. The zero-order valence-corrected chi connectivity index (χ0v) is 11.9.